The molecule has 2 unspecified atom stereocenters. The van der Waals surface area contributed by atoms with Crippen LogP contribution in [0.15, 0.2) is 5.38 Å². The molecule has 0 amide bonds. The van der Waals surface area contributed by atoms with E-state index >= 15 is 0 Å². The Labute approximate surface area is 123 Å². The van der Waals surface area contributed by atoms with E-state index in [1.54, 1.807) is 11.3 Å². The molecule has 2 aromatic heterocycles. The molecule has 4 nitrogen and oxygen atoms in total. The molecular formula is C15H22N4S. The van der Waals surface area contributed by atoms with Crippen molar-refractivity contribution in [1.82, 2.24) is 19.6 Å². The molecule has 5 heteroatoms. The summed E-state index contributed by atoms with van der Waals surface area (Å²) in [5.41, 5.74) is 3.82. The highest BCUT2D eigenvalue weighted by atomic mass is 32.1. The van der Waals surface area contributed by atoms with E-state index in [2.05, 4.69) is 38.8 Å². The molecule has 2 aliphatic rings. The molecule has 2 saturated heterocycles. The minimum absolute atomic E-state index is 0.668. The van der Waals surface area contributed by atoms with Crippen LogP contribution < -0.4 is 5.32 Å². The lowest BCUT2D eigenvalue weighted by atomic mass is 10.1. The first-order valence-corrected chi connectivity index (χ1v) is 8.51. The second kappa shape index (κ2) is 4.83. The molecule has 0 saturated carbocycles. The van der Waals surface area contributed by atoms with E-state index < -0.39 is 0 Å². The van der Waals surface area contributed by atoms with Gasteiger partial charge in [0.1, 0.15) is 0 Å². The minimum Gasteiger partial charge on any atom is -0.307 e. The molecular weight excluding hydrogens is 268 g/mol. The zero-order valence-electron chi connectivity index (χ0n) is 12.2. The third-order valence-electron chi connectivity index (χ3n) is 4.97. The Morgan fingerprint density at radius 1 is 1.35 bits per heavy atom. The summed E-state index contributed by atoms with van der Waals surface area (Å²) in [6.07, 6.45) is 4.05. The fraction of sp³-hybridized carbons (Fsp3) is 0.667. The number of thiazole rings is 1. The van der Waals surface area contributed by atoms with E-state index in [4.69, 9.17) is 0 Å². The van der Waals surface area contributed by atoms with Crippen LogP contribution in [0.25, 0.3) is 4.96 Å². The van der Waals surface area contributed by atoms with Gasteiger partial charge in [-0.05, 0) is 39.7 Å². The van der Waals surface area contributed by atoms with Gasteiger partial charge < -0.3 is 5.32 Å². The molecule has 4 heterocycles. The van der Waals surface area contributed by atoms with E-state index in [0.29, 0.717) is 6.04 Å². The lowest BCUT2D eigenvalue weighted by Gasteiger charge is -2.21. The molecule has 108 valence electrons. The maximum atomic E-state index is 4.68. The summed E-state index contributed by atoms with van der Waals surface area (Å²) in [5.74, 6) is 0. The van der Waals surface area contributed by atoms with Crippen molar-refractivity contribution in [2.45, 2.75) is 51.7 Å². The van der Waals surface area contributed by atoms with Gasteiger partial charge >= 0.3 is 0 Å². The van der Waals surface area contributed by atoms with Crippen molar-refractivity contribution in [3.63, 3.8) is 0 Å². The Hall–Kier alpha value is -0.910. The van der Waals surface area contributed by atoms with Gasteiger partial charge in [-0.1, -0.05) is 0 Å². The van der Waals surface area contributed by atoms with E-state index in [9.17, 15) is 0 Å². The van der Waals surface area contributed by atoms with Crippen molar-refractivity contribution < 1.29 is 0 Å². The number of hydrogen-bond acceptors (Lipinski definition) is 4. The minimum atomic E-state index is 0.668. The Kier molecular flexibility index (Phi) is 3.09. The number of nitrogens with one attached hydrogen (secondary N) is 1. The molecule has 0 radical (unpaired) electrons. The number of nitrogens with zero attached hydrogens (tertiary/aromatic N) is 3. The van der Waals surface area contributed by atoms with Crippen LogP contribution in [-0.2, 0) is 6.54 Å². The average molecular weight is 290 g/mol. The molecule has 0 bridgehead atoms. The van der Waals surface area contributed by atoms with Gasteiger partial charge in [-0.3, -0.25) is 9.30 Å². The summed E-state index contributed by atoms with van der Waals surface area (Å²) in [6, 6.07) is 1.45. The zero-order chi connectivity index (χ0) is 13.7. The summed E-state index contributed by atoms with van der Waals surface area (Å²) in [6.45, 7) is 7.83. The molecule has 2 aromatic rings. The van der Waals surface area contributed by atoms with Crippen LogP contribution in [0.2, 0.25) is 0 Å². The Bertz CT molecular complexity index is 629. The summed E-state index contributed by atoms with van der Waals surface area (Å²) in [7, 11) is 0. The first-order chi connectivity index (χ1) is 9.74. The molecule has 0 aliphatic carbocycles. The molecule has 2 atom stereocenters. The lowest BCUT2D eigenvalue weighted by molar-refractivity contribution is 0.298. The van der Waals surface area contributed by atoms with Crippen molar-refractivity contribution in [2.24, 2.45) is 0 Å². The maximum Gasteiger partial charge on any atom is 0.194 e. The third-order valence-corrected chi connectivity index (χ3v) is 5.91. The largest absolute Gasteiger partial charge is 0.307 e. The Morgan fingerprint density at radius 2 is 2.25 bits per heavy atom. The standard InChI is InChI=1S/C15H22N4S/c1-10-9-20-15-17-11(2)14(19(10)15)8-16-12-5-7-18-6-3-4-13(12)18/h9,12-13,16H,3-8H2,1-2H3. The van der Waals surface area contributed by atoms with Gasteiger partial charge in [0.2, 0.25) is 0 Å². The van der Waals surface area contributed by atoms with Crippen LogP contribution in [0, 0.1) is 13.8 Å². The van der Waals surface area contributed by atoms with E-state index in [1.165, 1.54) is 49.4 Å². The lowest BCUT2D eigenvalue weighted by Crippen LogP contribution is -2.39. The average Bonchev–Trinajstić information content (AvgIpc) is 3.13. The highest BCUT2D eigenvalue weighted by Gasteiger charge is 2.36. The van der Waals surface area contributed by atoms with Crippen molar-refractivity contribution in [2.75, 3.05) is 13.1 Å². The van der Waals surface area contributed by atoms with Gasteiger partial charge in [0.05, 0.1) is 11.4 Å². The van der Waals surface area contributed by atoms with Gasteiger partial charge in [-0.2, -0.15) is 0 Å². The summed E-state index contributed by atoms with van der Waals surface area (Å²) < 4.78 is 2.31. The number of fused-ring (bicyclic) bond motifs is 2. The fourth-order valence-electron chi connectivity index (χ4n) is 3.92. The molecule has 2 aliphatic heterocycles. The third kappa shape index (κ3) is 1.91. The van der Waals surface area contributed by atoms with Crippen molar-refractivity contribution in [3.8, 4) is 0 Å². The van der Waals surface area contributed by atoms with Crippen LogP contribution in [0.5, 0.6) is 0 Å². The number of aromatic nitrogens is 2. The second-order valence-corrected chi connectivity index (χ2v) is 7.00. The fourth-order valence-corrected chi connectivity index (χ4v) is 4.85. The van der Waals surface area contributed by atoms with Crippen molar-refractivity contribution in [1.29, 1.82) is 0 Å². The monoisotopic (exact) mass is 290 g/mol. The summed E-state index contributed by atoms with van der Waals surface area (Å²) in [4.78, 5) is 8.47. The van der Waals surface area contributed by atoms with Gasteiger partial charge in [-0.15, -0.1) is 11.3 Å². The van der Waals surface area contributed by atoms with Crippen LogP contribution in [0.4, 0.5) is 0 Å². The van der Waals surface area contributed by atoms with Crippen molar-refractivity contribution >= 4 is 16.3 Å². The molecule has 0 aromatic carbocycles. The Morgan fingerprint density at radius 3 is 3.15 bits per heavy atom. The molecule has 2 fully saturated rings. The van der Waals surface area contributed by atoms with Crippen LogP contribution in [0.3, 0.4) is 0 Å². The SMILES string of the molecule is Cc1nc2scc(C)n2c1CNC1CCN2CCCC12. The van der Waals surface area contributed by atoms with Crippen LogP contribution in [0.1, 0.15) is 36.3 Å². The van der Waals surface area contributed by atoms with Crippen LogP contribution >= 0.6 is 11.3 Å². The summed E-state index contributed by atoms with van der Waals surface area (Å²) >= 11 is 1.74. The normalized spacial score (nSPS) is 26.7. The summed E-state index contributed by atoms with van der Waals surface area (Å²) in [5, 5.41) is 6.00. The van der Waals surface area contributed by atoms with E-state index in [-0.39, 0.29) is 0 Å². The number of rotatable bonds is 3. The van der Waals surface area contributed by atoms with Gasteiger partial charge in [0, 0.05) is 36.2 Å². The second-order valence-electron chi connectivity index (χ2n) is 6.16. The van der Waals surface area contributed by atoms with E-state index in [0.717, 1.165) is 17.5 Å². The zero-order valence-corrected chi connectivity index (χ0v) is 13.0. The molecule has 20 heavy (non-hydrogen) atoms. The Balaban J connectivity index is 1.53. The highest BCUT2D eigenvalue weighted by Crippen LogP contribution is 2.28. The van der Waals surface area contributed by atoms with E-state index in [1.807, 2.05) is 0 Å². The smallest absolute Gasteiger partial charge is 0.194 e. The highest BCUT2D eigenvalue weighted by molar-refractivity contribution is 7.15. The first-order valence-electron chi connectivity index (χ1n) is 7.63. The first kappa shape index (κ1) is 12.8. The van der Waals surface area contributed by atoms with Gasteiger partial charge in [0.15, 0.2) is 4.96 Å². The predicted molar refractivity (Wildman–Crippen MR) is 82.4 cm³/mol. The quantitative estimate of drug-likeness (QED) is 0.942. The number of imidazole rings is 1. The van der Waals surface area contributed by atoms with Crippen LogP contribution in [-0.4, -0.2) is 39.5 Å². The topological polar surface area (TPSA) is 32.6 Å². The number of hydrogen-bond donors (Lipinski definition) is 1. The molecule has 4 rings (SSSR count). The van der Waals surface area contributed by atoms with Gasteiger partial charge in [-0.25, -0.2) is 4.98 Å². The maximum absolute atomic E-state index is 4.68. The van der Waals surface area contributed by atoms with Gasteiger partial charge in [0.25, 0.3) is 0 Å². The molecule has 0 spiro atoms. The molecule has 1 N–H and O–H groups in total. The predicted octanol–water partition coefficient (Wildman–Crippen LogP) is 2.34. The number of aryl methyl sites for hydroxylation is 2. The van der Waals surface area contributed by atoms with Crippen molar-refractivity contribution in [3.05, 3.63) is 22.5 Å².